The van der Waals surface area contributed by atoms with Gasteiger partial charge in [-0.25, -0.2) is 4.99 Å². The Morgan fingerprint density at radius 2 is 1.80 bits per heavy atom. The van der Waals surface area contributed by atoms with Crippen LogP contribution in [0.25, 0.3) is 6.08 Å². The van der Waals surface area contributed by atoms with Gasteiger partial charge in [0.2, 0.25) is 5.91 Å². The summed E-state index contributed by atoms with van der Waals surface area (Å²) >= 11 is 0. The number of nitrogens with two attached hydrogens (primary N) is 1. The van der Waals surface area contributed by atoms with Gasteiger partial charge in [-0.15, -0.1) is 0 Å². The van der Waals surface area contributed by atoms with Gasteiger partial charge in [0, 0.05) is 55.4 Å². The first kappa shape index (κ1) is 30.8. The van der Waals surface area contributed by atoms with Crippen molar-refractivity contribution in [3.05, 3.63) is 94.3 Å². The molecule has 44 heavy (non-hydrogen) atoms. The van der Waals surface area contributed by atoms with Crippen LogP contribution < -0.4 is 16.4 Å². The molecule has 0 fully saturated rings. The second-order valence-corrected chi connectivity index (χ2v) is 11.4. The average molecular weight is 593 g/mol. The zero-order chi connectivity index (χ0) is 31.1. The lowest BCUT2D eigenvalue weighted by Gasteiger charge is -2.25. The van der Waals surface area contributed by atoms with Crippen LogP contribution in [0, 0.1) is 0 Å². The van der Waals surface area contributed by atoms with Gasteiger partial charge < -0.3 is 21.3 Å². The molecule has 0 aliphatic carbocycles. The van der Waals surface area contributed by atoms with Gasteiger partial charge in [0.15, 0.2) is 0 Å². The minimum atomic E-state index is -0.316. The minimum absolute atomic E-state index is 0.0315. The number of carbonyl (C=O) groups is 3. The van der Waals surface area contributed by atoms with E-state index in [1.165, 1.54) is 11.1 Å². The summed E-state index contributed by atoms with van der Waals surface area (Å²) < 4.78 is 0. The molecule has 4 N–H and O–H groups in total. The Balaban J connectivity index is 1.23. The number of aryl methyl sites for hydroxylation is 1. The third-order valence-corrected chi connectivity index (χ3v) is 7.99. The molecule has 2 amide bonds. The van der Waals surface area contributed by atoms with Crippen molar-refractivity contribution in [3.63, 3.8) is 0 Å². The van der Waals surface area contributed by atoms with Crippen molar-refractivity contribution >= 4 is 40.9 Å². The predicted molar refractivity (Wildman–Crippen MR) is 174 cm³/mol. The summed E-state index contributed by atoms with van der Waals surface area (Å²) in [5.41, 5.74) is 12.4. The van der Waals surface area contributed by atoms with Crippen molar-refractivity contribution in [1.82, 2.24) is 15.2 Å². The molecule has 1 unspecified atom stereocenters. The zero-order valence-corrected chi connectivity index (χ0v) is 25.4. The van der Waals surface area contributed by atoms with Gasteiger partial charge >= 0.3 is 0 Å². The molecule has 3 aromatic rings. The van der Waals surface area contributed by atoms with E-state index in [4.69, 9.17) is 5.73 Å². The fourth-order valence-corrected chi connectivity index (χ4v) is 5.75. The van der Waals surface area contributed by atoms with E-state index in [1.807, 2.05) is 29.2 Å². The quantitative estimate of drug-likeness (QED) is 0.288. The maximum absolute atomic E-state index is 13.3. The van der Waals surface area contributed by atoms with Crippen LogP contribution in [0.2, 0.25) is 0 Å². The van der Waals surface area contributed by atoms with Crippen molar-refractivity contribution < 1.29 is 14.4 Å². The molecule has 2 aliphatic heterocycles. The monoisotopic (exact) mass is 592 g/mol. The summed E-state index contributed by atoms with van der Waals surface area (Å²) in [6.07, 6.45) is 8.76. The van der Waals surface area contributed by atoms with Crippen molar-refractivity contribution in [3.8, 4) is 0 Å². The molecule has 0 spiro atoms. The number of anilines is 1. The number of nitrogens with zero attached hydrogens (tertiary/aromatic N) is 3. The van der Waals surface area contributed by atoms with Crippen LogP contribution in [-0.4, -0.2) is 52.4 Å². The number of aliphatic imine (C=N–C) groups is 1. The minimum Gasteiger partial charge on any atom is -0.387 e. The summed E-state index contributed by atoms with van der Waals surface area (Å²) in [4.78, 5) is 50.1. The number of aromatic nitrogens is 1. The highest BCUT2D eigenvalue weighted by atomic mass is 16.2. The Bertz CT molecular complexity index is 1610. The highest BCUT2D eigenvalue weighted by Gasteiger charge is 2.24. The van der Waals surface area contributed by atoms with Gasteiger partial charge in [0.05, 0.1) is 23.6 Å². The number of amidine groups is 1. The van der Waals surface area contributed by atoms with Gasteiger partial charge in [0.25, 0.3) is 5.91 Å². The van der Waals surface area contributed by atoms with Crippen LogP contribution in [0.5, 0.6) is 0 Å². The Morgan fingerprint density at radius 3 is 2.57 bits per heavy atom. The highest BCUT2D eigenvalue weighted by molar-refractivity contribution is 6.08. The van der Waals surface area contributed by atoms with Crippen molar-refractivity contribution in [2.45, 2.75) is 65.0 Å². The maximum atomic E-state index is 13.3. The van der Waals surface area contributed by atoms with E-state index in [9.17, 15) is 14.4 Å². The molecule has 0 saturated heterocycles. The molecule has 0 bridgehead atoms. The summed E-state index contributed by atoms with van der Waals surface area (Å²) in [5, 5.41) is 6.27. The topological polar surface area (TPSA) is 130 Å². The largest absolute Gasteiger partial charge is 0.387 e. The first-order valence-corrected chi connectivity index (χ1v) is 15.4. The molecule has 0 radical (unpaired) electrons. The summed E-state index contributed by atoms with van der Waals surface area (Å²) in [6.45, 7) is 6.18. The van der Waals surface area contributed by atoms with E-state index in [1.54, 1.807) is 30.6 Å². The third kappa shape index (κ3) is 7.47. The number of amides is 2. The van der Waals surface area contributed by atoms with E-state index in [2.05, 4.69) is 46.6 Å². The van der Waals surface area contributed by atoms with Crippen molar-refractivity contribution in [1.29, 1.82) is 0 Å². The van der Waals surface area contributed by atoms with E-state index in [0.29, 0.717) is 67.2 Å². The lowest BCUT2D eigenvalue weighted by atomic mass is 9.92. The molecule has 2 aliphatic rings. The Hall–Kier alpha value is -4.63. The molecular weight excluding hydrogens is 552 g/mol. The van der Waals surface area contributed by atoms with Crippen LogP contribution in [0.4, 0.5) is 11.4 Å². The Kier molecular flexibility index (Phi) is 9.96. The molecule has 2 aromatic carbocycles. The maximum Gasteiger partial charge on any atom is 0.255 e. The van der Waals surface area contributed by atoms with Crippen LogP contribution >= 0.6 is 0 Å². The number of rotatable bonds is 11. The molecule has 3 heterocycles. The number of pyridine rings is 1. The van der Waals surface area contributed by atoms with Gasteiger partial charge in [-0.05, 0) is 66.6 Å². The smallest absolute Gasteiger partial charge is 0.255 e. The molecule has 228 valence electrons. The first-order valence-electron chi connectivity index (χ1n) is 15.4. The molecule has 0 saturated carbocycles. The number of nitrogens with one attached hydrogen (secondary N) is 2. The molecule has 1 atom stereocenters. The van der Waals surface area contributed by atoms with E-state index in [-0.39, 0.29) is 30.1 Å². The number of benzene rings is 2. The third-order valence-electron chi connectivity index (χ3n) is 7.99. The van der Waals surface area contributed by atoms with Gasteiger partial charge in [-0.3, -0.25) is 19.4 Å². The molecule has 5 rings (SSSR count). The molecule has 9 nitrogen and oxygen atoms in total. The van der Waals surface area contributed by atoms with Crippen LogP contribution in [0.3, 0.4) is 0 Å². The number of hydrogen-bond donors (Lipinski definition) is 3. The lowest BCUT2D eigenvalue weighted by Crippen LogP contribution is -2.41. The normalized spacial score (nSPS) is 15.6. The van der Waals surface area contributed by atoms with Gasteiger partial charge in [-0.2, -0.15) is 0 Å². The van der Waals surface area contributed by atoms with Crippen molar-refractivity contribution in [2.24, 2.45) is 10.7 Å². The number of fused-ring (bicyclic) bond motifs is 2. The average Bonchev–Trinajstić information content (AvgIpc) is 3.20. The van der Waals surface area contributed by atoms with Crippen LogP contribution in [0.15, 0.2) is 71.5 Å². The van der Waals surface area contributed by atoms with Gasteiger partial charge in [0.1, 0.15) is 11.6 Å². The fourth-order valence-electron chi connectivity index (χ4n) is 5.75. The SMILES string of the molecule is CCCN(CCC)C(=O)C1=Cc2ccc(C(=O)Nc3cncc(CCC(=O)C4Cc5ccccc5CN4)c3)cc2N=C(N)C1. The number of ketones is 1. The summed E-state index contributed by atoms with van der Waals surface area (Å²) in [6, 6.07) is 15.0. The number of carbonyl (C=O) groups excluding carboxylic acids is 3. The van der Waals surface area contributed by atoms with E-state index in [0.717, 1.165) is 24.0 Å². The summed E-state index contributed by atoms with van der Waals surface area (Å²) in [5.74, 6) is 0.147. The second kappa shape index (κ2) is 14.2. The molecule has 9 heteroatoms. The predicted octanol–water partition coefficient (Wildman–Crippen LogP) is 4.97. The van der Waals surface area contributed by atoms with Gasteiger partial charge in [-0.1, -0.05) is 44.2 Å². The zero-order valence-electron chi connectivity index (χ0n) is 25.4. The first-order chi connectivity index (χ1) is 21.3. The van der Waals surface area contributed by atoms with E-state index < -0.39 is 0 Å². The standard InChI is InChI=1S/C35H40N6O3/c1-3-13-41(14-4-2)35(44)28-16-25-10-11-26(18-30(25)40-33(36)19-28)34(43)39-29-15-23(20-37-22-29)9-12-32(42)31-17-24-7-5-6-8-27(24)21-38-31/h5-8,10-11,15-16,18,20,22,31,38H,3-4,9,12-14,17,19,21H2,1-2H3,(H2,36,40)(H,39,43). The van der Waals surface area contributed by atoms with Crippen molar-refractivity contribution in [2.75, 3.05) is 18.4 Å². The summed E-state index contributed by atoms with van der Waals surface area (Å²) in [7, 11) is 0. The van der Waals surface area contributed by atoms with Crippen LogP contribution in [0.1, 0.15) is 72.1 Å². The highest BCUT2D eigenvalue weighted by Crippen LogP contribution is 2.29. The lowest BCUT2D eigenvalue weighted by molar-refractivity contribution is -0.127. The Morgan fingerprint density at radius 1 is 1.02 bits per heavy atom. The van der Waals surface area contributed by atoms with Crippen LogP contribution in [-0.2, 0) is 29.0 Å². The second-order valence-electron chi connectivity index (χ2n) is 11.4. The fraction of sp³-hybridized carbons (Fsp3) is 0.343. The molecular formula is C35H40N6O3. The number of Topliss-reactive ketones (excluding diaryl/α,β-unsaturated/α-hetero) is 1. The van der Waals surface area contributed by atoms with E-state index >= 15 is 0 Å². The molecule has 1 aromatic heterocycles. The number of hydrogen-bond acceptors (Lipinski definition) is 7. The Labute approximate surface area is 258 Å².